The van der Waals surface area contributed by atoms with E-state index in [1.165, 1.54) is 98.4 Å². The fraction of sp³-hybridized carbons (Fsp3) is 0.130. The Kier molecular flexibility index (Phi) is 5.70. The highest BCUT2D eigenvalue weighted by Gasteiger charge is 2.24. The molecule has 0 radical (unpaired) electrons. The van der Waals surface area contributed by atoms with E-state index in [4.69, 9.17) is 0 Å². The van der Waals surface area contributed by atoms with Crippen molar-refractivity contribution in [3.63, 3.8) is 0 Å². The van der Waals surface area contributed by atoms with Gasteiger partial charge in [-0.1, -0.05) is 125 Å². The molecule has 2 aromatic heterocycles. The topological polar surface area (TPSA) is 9.86 Å². The highest BCUT2D eigenvalue weighted by atomic mass is 15.0. The lowest BCUT2D eigenvalue weighted by atomic mass is 9.84. The molecule has 0 saturated heterocycles. The van der Waals surface area contributed by atoms with E-state index in [-0.39, 0.29) is 0 Å². The number of fused-ring (bicyclic) bond motifs is 6. The minimum Gasteiger partial charge on any atom is -0.309 e. The van der Waals surface area contributed by atoms with Crippen molar-refractivity contribution in [2.45, 2.75) is 39.5 Å². The molecule has 0 aliphatic rings. The lowest BCUT2D eigenvalue weighted by Gasteiger charge is -2.24. The number of nitrogens with zero attached hydrogens (tertiary/aromatic N) is 2. The van der Waals surface area contributed by atoms with Crippen LogP contribution in [0.5, 0.6) is 0 Å². The second-order valence-electron chi connectivity index (χ2n) is 14.1. The fourth-order valence-electron chi connectivity index (χ4n) is 8.70. The maximum Gasteiger partial charge on any atom is 0.0544 e. The zero-order valence-corrected chi connectivity index (χ0v) is 27.8. The third-order valence-electron chi connectivity index (χ3n) is 10.8. The van der Waals surface area contributed by atoms with Crippen LogP contribution < -0.4 is 0 Å². The first-order valence-corrected chi connectivity index (χ1v) is 17.3. The predicted molar refractivity (Wildman–Crippen MR) is 207 cm³/mol. The average Bonchev–Trinajstić information content (AvgIpc) is 3.63. The van der Waals surface area contributed by atoms with Crippen molar-refractivity contribution in [1.82, 2.24) is 9.13 Å². The largest absolute Gasteiger partial charge is 0.309 e. The van der Waals surface area contributed by atoms with E-state index >= 15 is 0 Å². The van der Waals surface area contributed by atoms with Crippen LogP contribution in [0.2, 0.25) is 0 Å². The van der Waals surface area contributed by atoms with Gasteiger partial charge in [0.25, 0.3) is 0 Å². The van der Waals surface area contributed by atoms with Crippen molar-refractivity contribution >= 4 is 75.9 Å². The fourth-order valence-corrected chi connectivity index (χ4v) is 8.70. The smallest absolute Gasteiger partial charge is 0.0544 e. The van der Waals surface area contributed by atoms with E-state index in [0.29, 0.717) is 11.8 Å². The van der Waals surface area contributed by atoms with Crippen LogP contribution in [-0.2, 0) is 0 Å². The van der Waals surface area contributed by atoms with Crippen LogP contribution in [0.4, 0.5) is 0 Å². The van der Waals surface area contributed by atoms with Crippen LogP contribution in [0.15, 0.2) is 133 Å². The van der Waals surface area contributed by atoms with Gasteiger partial charge in [-0.05, 0) is 80.9 Å². The zero-order valence-electron chi connectivity index (χ0n) is 27.8. The number of hydrogen-bond acceptors (Lipinski definition) is 0. The molecule has 0 atom stereocenters. The van der Waals surface area contributed by atoms with E-state index in [0.717, 1.165) is 0 Å². The van der Waals surface area contributed by atoms with Crippen LogP contribution in [0, 0.1) is 0 Å². The molecule has 0 amide bonds. The second-order valence-corrected chi connectivity index (χ2v) is 14.1. The molecule has 0 spiro atoms. The number of hydrogen-bond donors (Lipinski definition) is 0. The van der Waals surface area contributed by atoms with Gasteiger partial charge in [0.05, 0.1) is 33.4 Å². The van der Waals surface area contributed by atoms with Crippen LogP contribution >= 0.6 is 0 Å². The first kappa shape index (κ1) is 27.5. The summed E-state index contributed by atoms with van der Waals surface area (Å²) in [7, 11) is 0. The lowest BCUT2D eigenvalue weighted by Crippen LogP contribution is -2.03. The minimum absolute atomic E-state index is 0.364. The van der Waals surface area contributed by atoms with Gasteiger partial charge < -0.3 is 9.13 Å². The second kappa shape index (κ2) is 9.95. The summed E-state index contributed by atoms with van der Waals surface area (Å²) in [5, 5.41) is 13.2. The molecule has 230 valence electrons. The van der Waals surface area contributed by atoms with Crippen LogP contribution in [0.25, 0.3) is 87.3 Å². The van der Waals surface area contributed by atoms with Gasteiger partial charge in [0.1, 0.15) is 0 Å². The van der Waals surface area contributed by atoms with Crippen molar-refractivity contribution in [1.29, 1.82) is 0 Å². The van der Waals surface area contributed by atoms with Crippen molar-refractivity contribution in [2.75, 3.05) is 0 Å². The van der Waals surface area contributed by atoms with Crippen molar-refractivity contribution < 1.29 is 0 Å². The van der Waals surface area contributed by atoms with E-state index in [9.17, 15) is 0 Å². The molecule has 0 aliphatic carbocycles. The summed E-state index contributed by atoms with van der Waals surface area (Å²) >= 11 is 0. The summed E-state index contributed by atoms with van der Waals surface area (Å²) in [6.07, 6.45) is 0. The number of benzene rings is 8. The Morgan fingerprint density at radius 2 is 0.625 bits per heavy atom. The van der Waals surface area contributed by atoms with Gasteiger partial charge >= 0.3 is 0 Å². The molecule has 0 aliphatic heterocycles. The summed E-state index contributed by atoms with van der Waals surface area (Å²) in [5.74, 6) is 0.727. The van der Waals surface area contributed by atoms with E-state index in [1.807, 2.05) is 0 Å². The summed E-state index contributed by atoms with van der Waals surface area (Å²) in [4.78, 5) is 0. The van der Waals surface area contributed by atoms with E-state index < -0.39 is 0 Å². The summed E-state index contributed by atoms with van der Waals surface area (Å²) in [5.41, 5.74) is 10.3. The molecule has 0 saturated carbocycles. The molecule has 10 aromatic rings. The zero-order chi connectivity index (χ0) is 32.3. The Morgan fingerprint density at radius 3 is 0.938 bits per heavy atom. The third-order valence-corrected chi connectivity index (χ3v) is 10.8. The minimum atomic E-state index is 0.364. The molecule has 8 aromatic carbocycles. The summed E-state index contributed by atoms with van der Waals surface area (Å²) in [6, 6.07) is 50.0. The van der Waals surface area contributed by atoms with Gasteiger partial charge in [0, 0.05) is 32.3 Å². The quantitative estimate of drug-likeness (QED) is 0.174. The van der Waals surface area contributed by atoms with Crippen molar-refractivity contribution in [3.8, 4) is 11.4 Å². The molecule has 10 rings (SSSR count). The Morgan fingerprint density at radius 1 is 0.333 bits per heavy atom. The highest BCUT2D eigenvalue weighted by molar-refractivity contribution is 6.28. The Labute approximate surface area is 279 Å². The van der Waals surface area contributed by atoms with Crippen LogP contribution in [0.3, 0.4) is 0 Å². The van der Waals surface area contributed by atoms with Gasteiger partial charge in [0.15, 0.2) is 0 Å². The molecule has 2 heterocycles. The maximum absolute atomic E-state index is 2.51. The number of para-hydroxylation sites is 4. The number of rotatable bonds is 4. The molecule has 0 unspecified atom stereocenters. The molecular formula is C46H36N2. The SMILES string of the molecule is CC(C)c1cc(-n2c3ccccc3c3ccccc32)c2ccc3c(C(C)C)cc(-n4c5ccccc5c5ccccc54)c4ccc1c2c34. The van der Waals surface area contributed by atoms with Crippen molar-refractivity contribution in [2.24, 2.45) is 0 Å². The normalized spacial score (nSPS) is 12.5. The highest BCUT2D eigenvalue weighted by Crippen LogP contribution is 2.47. The predicted octanol–water partition coefficient (Wildman–Crippen LogP) is 13.0. The van der Waals surface area contributed by atoms with Gasteiger partial charge in [-0.25, -0.2) is 0 Å². The lowest BCUT2D eigenvalue weighted by molar-refractivity contribution is 0.874. The number of aromatic nitrogens is 2. The van der Waals surface area contributed by atoms with E-state index in [1.54, 1.807) is 0 Å². The first-order valence-electron chi connectivity index (χ1n) is 17.3. The third kappa shape index (κ3) is 3.58. The summed E-state index contributed by atoms with van der Waals surface area (Å²) < 4.78 is 5.03. The van der Waals surface area contributed by atoms with Crippen LogP contribution in [-0.4, -0.2) is 9.13 Å². The molecule has 0 fully saturated rings. The Hall–Kier alpha value is -5.60. The monoisotopic (exact) mass is 616 g/mol. The Bertz CT molecular complexity index is 2590. The maximum atomic E-state index is 2.51. The van der Waals surface area contributed by atoms with E-state index in [2.05, 4.69) is 170 Å². The molecule has 0 bridgehead atoms. The molecule has 0 N–H and O–H groups in total. The van der Waals surface area contributed by atoms with Gasteiger partial charge in [-0.15, -0.1) is 0 Å². The van der Waals surface area contributed by atoms with Crippen LogP contribution in [0.1, 0.15) is 50.7 Å². The molecular weight excluding hydrogens is 581 g/mol. The van der Waals surface area contributed by atoms with Gasteiger partial charge in [-0.2, -0.15) is 0 Å². The Balaban J connectivity index is 1.42. The first-order chi connectivity index (χ1) is 23.5. The molecule has 2 heteroatoms. The van der Waals surface area contributed by atoms with Crippen molar-refractivity contribution in [3.05, 3.63) is 145 Å². The average molecular weight is 617 g/mol. The molecule has 48 heavy (non-hydrogen) atoms. The molecule has 2 nitrogen and oxygen atoms in total. The van der Waals surface area contributed by atoms with Gasteiger partial charge in [0.2, 0.25) is 0 Å². The standard InChI is InChI=1S/C46H36N2/c1-27(2)37-25-43(47-39-17-9-5-13-29(39)30-14-6-10-18-40(30)47)35-24-22-34-38(28(3)4)26-44(36-23-21-33(37)45(35)46(34)36)48-41-19-11-7-15-31(41)32-16-8-12-20-42(32)48/h5-28H,1-4H3. The van der Waals surface area contributed by atoms with Gasteiger partial charge in [-0.3, -0.25) is 0 Å². The summed E-state index contributed by atoms with van der Waals surface area (Å²) in [6.45, 7) is 9.35.